The maximum Gasteiger partial charge on any atom is 0.337 e. The molecule has 5 aromatic rings. The van der Waals surface area contributed by atoms with Gasteiger partial charge in [-0.05, 0) is 66.9 Å². The lowest BCUT2D eigenvalue weighted by Gasteiger charge is -2.48. The molecule has 52 heavy (non-hydrogen) atoms. The first kappa shape index (κ1) is 37.0. The number of aryl methyl sites for hydroxylation is 1. The molecule has 0 bridgehead atoms. The van der Waals surface area contributed by atoms with Crippen LogP contribution in [0.2, 0.25) is 5.04 Å². The van der Waals surface area contributed by atoms with Crippen LogP contribution in [0.5, 0.6) is 0 Å². The highest BCUT2D eigenvalue weighted by Gasteiger charge is 2.53. The molecule has 1 fully saturated rings. The van der Waals surface area contributed by atoms with Crippen LogP contribution < -0.4 is 26.1 Å². The number of hydrogen-bond acceptors (Lipinski definition) is 7. The number of fused-ring (bicyclic) bond motifs is 1. The molecule has 0 aliphatic carbocycles. The highest BCUT2D eigenvalue weighted by Crippen LogP contribution is 2.40. The summed E-state index contributed by atoms with van der Waals surface area (Å²) in [6.07, 6.45) is 0. The summed E-state index contributed by atoms with van der Waals surface area (Å²) >= 11 is 0. The maximum absolute atomic E-state index is 14.9. The molecule has 1 aliphatic heterocycles. The Morgan fingerprint density at radius 3 is 2.08 bits per heavy atom. The number of ether oxygens (including phenoxy) is 1. The largest absolute Gasteiger partial charge is 0.478 e. The van der Waals surface area contributed by atoms with Gasteiger partial charge in [0.2, 0.25) is 5.95 Å². The van der Waals surface area contributed by atoms with E-state index in [-0.39, 0.29) is 28.7 Å². The number of nitrogens with zero attached hydrogens (tertiary/aromatic N) is 3. The van der Waals surface area contributed by atoms with Gasteiger partial charge < -0.3 is 24.5 Å². The van der Waals surface area contributed by atoms with E-state index in [9.17, 15) is 14.7 Å². The van der Waals surface area contributed by atoms with Gasteiger partial charge in [-0.25, -0.2) is 9.78 Å². The van der Waals surface area contributed by atoms with Gasteiger partial charge in [-0.3, -0.25) is 9.36 Å². The van der Waals surface area contributed by atoms with Crippen LogP contribution in [0.1, 0.15) is 69.1 Å². The number of carboxylic acids is 1. The molecule has 1 unspecified atom stereocenters. The Morgan fingerprint density at radius 2 is 1.50 bits per heavy atom. The average molecular weight is 719 g/mol. The third kappa shape index (κ3) is 7.28. The van der Waals surface area contributed by atoms with Crippen molar-refractivity contribution in [3.05, 3.63) is 124 Å². The highest BCUT2D eigenvalue weighted by atomic mass is 28.4. The number of benzene rings is 4. The minimum absolute atomic E-state index is 0.145. The van der Waals surface area contributed by atoms with E-state index < -0.39 is 19.9 Å². The summed E-state index contributed by atoms with van der Waals surface area (Å²) in [5.74, 6) is -0.439. The number of aromatic nitrogens is 2. The minimum atomic E-state index is -2.97. The summed E-state index contributed by atoms with van der Waals surface area (Å²) < 4.78 is 15.1. The fourth-order valence-corrected chi connectivity index (χ4v) is 12.4. The van der Waals surface area contributed by atoms with E-state index >= 15 is 0 Å². The lowest BCUT2D eigenvalue weighted by molar-refractivity contribution is 0.0697. The molecule has 4 aromatic carbocycles. The van der Waals surface area contributed by atoms with E-state index in [4.69, 9.17) is 14.1 Å². The van der Waals surface area contributed by atoms with Crippen molar-refractivity contribution in [3.8, 4) is 0 Å². The van der Waals surface area contributed by atoms with Crippen LogP contribution in [0.25, 0.3) is 10.9 Å². The molecule has 1 aromatic heterocycles. The number of morpholine rings is 1. The fraction of sp³-hybridized carbons (Fsp3) is 0.357. The zero-order chi connectivity index (χ0) is 37.3. The summed E-state index contributed by atoms with van der Waals surface area (Å²) in [4.78, 5) is 34.4. The van der Waals surface area contributed by atoms with E-state index in [1.807, 2.05) is 38.1 Å². The molecule has 0 radical (unpaired) electrons. The molecule has 2 N–H and O–H groups in total. The van der Waals surface area contributed by atoms with Gasteiger partial charge in [0.1, 0.15) is 0 Å². The third-order valence-corrected chi connectivity index (χ3v) is 15.2. The lowest BCUT2D eigenvalue weighted by atomic mass is 10.0. The van der Waals surface area contributed by atoms with E-state index in [2.05, 4.69) is 93.4 Å². The van der Waals surface area contributed by atoms with Gasteiger partial charge in [0, 0.05) is 24.3 Å². The maximum atomic E-state index is 14.9. The molecule has 1 atom stereocenters. The zero-order valence-electron chi connectivity index (χ0n) is 31.3. The zero-order valence-corrected chi connectivity index (χ0v) is 32.3. The van der Waals surface area contributed by atoms with Crippen molar-refractivity contribution < 1.29 is 19.1 Å². The molecular weight excluding hydrogens is 669 g/mol. The second-order valence-electron chi connectivity index (χ2n) is 15.4. The molecule has 6 rings (SSSR count). The second-order valence-corrected chi connectivity index (χ2v) is 19.6. The fourth-order valence-electron chi connectivity index (χ4n) is 7.55. The van der Waals surface area contributed by atoms with Crippen molar-refractivity contribution in [1.82, 2.24) is 9.55 Å². The number of hydrogen-bond donors (Lipinski definition) is 2. The van der Waals surface area contributed by atoms with Crippen LogP contribution in [0, 0.1) is 6.92 Å². The van der Waals surface area contributed by atoms with Crippen molar-refractivity contribution in [2.75, 3.05) is 36.5 Å². The first-order chi connectivity index (χ1) is 24.7. The van der Waals surface area contributed by atoms with E-state index in [1.165, 1.54) is 10.4 Å². The smallest absolute Gasteiger partial charge is 0.337 e. The van der Waals surface area contributed by atoms with Crippen molar-refractivity contribution in [3.63, 3.8) is 0 Å². The van der Waals surface area contributed by atoms with Gasteiger partial charge in [0.25, 0.3) is 13.9 Å². The van der Waals surface area contributed by atoms with Crippen LogP contribution in [0.15, 0.2) is 102 Å². The number of anilines is 2. The first-order valence-corrected chi connectivity index (χ1v) is 19.9. The molecule has 0 spiro atoms. The lowest BCUT2D eigenvalue weighted by Crippen LogP contribution is -2.69. The molecular formula is C42H50N4O5Si. The minimum Gasteiger partial charge on any atom is -0.478 e. The van der Waals surface area contributed by atoms with Crippen LogP contribution >= 0.6 is 0 Å². The van der Waals surface area contributed by atoms with Gasteiger partial charge in [-0.1, -0.05) is 99.6 Å². The Kier molecular flexibility index (Phi) is 10.5. The molecule has 10 heteroatoms. The molecule has 0 amide bonds. The van der Waals surface area contributed by atoms with Crippen LogP contribution in [0.3, 0.4) is 0 Å². The van der Waals surface area contributed by atoms with E-state index in [0.717, 1.165) is 11.1 Å². The van der Waals surface area contributed by atoms with Crippen LogP contribution in [0.4, 0.5) is 11.6 Å². The number of carboxylic acid groups (broad SMARTS) is 1. The average Bonchev–Trinajstić information content (AvgIpc) is 3.12. The number of aromatic carboxylic acids is 1. The van der Waals surface area contributed by atoms with Gasteiger partial charge in [-0.2, -0.15) is 0 Å². The Labute approximate surface area is 307 Å². The predicted molar refractivity (Wildman–Crippen MR) is 212 cm³/mol. The number of nitrogens with one attached hydrogen (secondary N) is 1. The summed E-state index contributed by atoms with van der Waals surface area (Å²) in [5, 5.41) is 15.8. The number of rotatable bonds is 11. The Hall–Kier alpha value is -4.77. The predicted octanol–water partition coefficient (Wildman–Crippen LogP) is 6.77. The SMILES string of the molecule is Cc1cc(C(C)Nc2ccccc2C(=O)O)c2nc(N3CCOCC3)n(CC(C)(C)O[Si](c3ccccc3)(c3ccccc3)C(C)(C)C)c(=O)c2c1. The van der Waals surface area contributed by atoms with Crippen molar-refractivity contribution >= 4 is 47.2 Å². The Bertz CT molecular complexity index is 2070. The van der Waals surface area contributed by atoms with Gasteiger partial charge in [0.05, 0.1) is 47.9 Å². The molecule has 0 saturated carbocycles. The topological polar surface area (TPSA) is 106 Å². The second kappa shape index (κ2) is 14.7. The van der Waals surface area contributed by atoms with Gasteiger partial charge >= 0.3 is 5.97 Å². The van der Waals surface area contributed by atoms with Crippen molar-refractivity contribution in [2.24, 2.45) is 0 Å². The molecule has 2 heterocycles. The first-order valence-electron chi connectivity index (χ1n) is 18.0. The van der Waals surface area contributed by atoms with E-state index in [1.54, 1.807) is 28.8 Å². The molecule has 1 saturated heterocycles. The third-order valence-electron chi connectivity index (χ3n) is 9.89. The van der Waals surface area contributed by atoms with Crippen molar-refractivity contribution in [2.45, 2.75) is 71.7 Å². The molecule has 272 valence electrons. The van der Waals surface area contributed by atoms with Gasteiger partial charge in [0.15, 0.2) is 0 Å². The standard InChI is InChI=1S/C42H50N4O5Si/c1-29-26-34(30(2)43-36-21-15-14-20-33(36)39(48)49)37-35(27-29)38(47)46(40(44-37)45-22-24-50-25-23-45)28-42(6,7)51-52(41(3,4)5,31-16-10-8-11-17-31)32-18-12-9-13-19-32/h8-21,26-27,30,43H,22-25,28H2,1-7H3,(H,48,49). The normalized spacial score (nSPS) is 14.7. The summed E-state index contributed by atoms with van der Waals surface area (Å²) in [6.45, 7) is 17.4. The molecule has 1 aliphatic rings. The number of para-hydroxylation sites is 1. The van der Waals surface area contributed by atoms with Crippen molar-refractivity contribution in [1.29, 1.82) is 0 Å². The van der Waals surface area contributed by atoms with Crippen LogP contribution in [-0.2, 0) is 15.7 Å². The quantitative estimate of drug-likeness (QED) is 0.144. The Balaban J connectivity index is 1.49. The molecule has 9 nitrogen and oxygen atoms in total. The summed E-state index contributed by atoms with van der Waals surface area (Å²) in [7, 11) is -2.97. The highest BCUT2D eigenvalue weighted by molar-refractivity contribution is 6.99. The van der Waals surface area contributed by atoms with Gasteiger partial charge in [-0.15, -0.1) is 0 Å². The Morgan fingerprint density at radius 1 is 0.923 bits per heavy atom. The summed E-state index contributed by atoms with van der Waals surface area (Å²) in [6, 6.07) is 31.5. The number of carbonyl (C=O) groups is 1. The van der Waals surface area contributed by atoms with E-state index in [0.29, 0.717) is 48.8 Å². The summed E-state index contributed by atoms with van der Waals surface area (Å²) in [5.41, 5.74) is 2.06. The van der Waals surface area contributed by atoms with Crippen LogP contribution in [-0.4, -0.2) is 60.8 Å². The monoisotopic (exact) mass is 718 g/mol.